The Morgan fingerprint density at radius 2 is 1.68 bits per heavy atom. The number of hydrogen-bond donors (Lipinski definition) is 0. The van der Waals surface area contributed by atoms with Crippen molar-refractivity contribution in [1.29, 1.82) is 5.26 Å². The van der Waals surface area contributed by atoms with Gasteiger partial charge in [-0.3, -0.25) is 4.98 Å². The molecule has 0 saturated heterocycles. The third-order valence-electron chi connectivity index (χ3n) is 3.49. The molecule has 4 aromatic rings. The van der Waals surface area contributed by atoms with Crippen molar-refractivity contribution in [3.05, 3.63) is 66.7 Å². The zero-order chi connectivity index (χ0) is 17.1. The first-order chi connectivity index (χ1) is 12.3. The Morgan fingerprint density at radius 3 is 2.52 bits per heavy atom. The minimum atomic E-state index is 0.260. The summed E-state index contributed by atoms with van der Waals surface area (Å²) in [6.45, 7) is 0. The van der Waals surface area contributed by atoms with Crippen LogP contribution in [0.25, 0.3) is 34.3 Å². The third kappa shape index (κ3) is 2.84. The molecule has 0 aliphatic heterocycles. The lowest BCUT2D eigenvalue weighted by atomic mass is 10.1. The fraction of sp³-hybridized carbons (Fsp3) is 0. The van der Waals surface area contributed by atoms with Gasteiger partial charge >= 0.3 is 0 Å². The molecule has 0 unspecified atom stereocenters. The smallest absolute Gasteiger partial charge is 0.268 e. The van der Waals surface area contributed by atoms with Gasteiger partial charge in [0.1, 0.15) is 17.5 Å². The molecule has 1 aromatic carbocycles. The average Bonchev–Trinajstić information content (AvgIpc) is 3.19. The summed E-state index contributed by atoms with van der Waals surface area (Å²) in [6.07, 6.45) is 4.66. The molecular formula is C18H10N6O. The molecule has 0 radical (unpaired) electrons. The van der Waals surface area contributed by atoms with Gasteiger partial charge in [-0.15, -0.1) is 10.2 Å². The van der Waals surface area contributed by atoms with Crippen molar-refractivity contribution >= 4 is 0 Å². The highest BCUT2D eigenvalue weighted by molar-refractivity contribution is 5.66. The molecule has 0 amide bonds. The molecule has 7 heteroatoms. The zero-order valence-corrected chi connectivity index (χ0v) is 12.9. The number of rotatable bonds is 3. The quantitative estimate of drug-likeness (QED) is 0.570. The van der Waals surface area contributed by atoms with Gasteiger partial charge in [0.25, 0.3) is 5.89 Å². The summed E-state index contributed by atoms with van der Waals surface area (Å²) < 4.78 is 5.70. The second-order valence-corrected chi connectivity index (χ2v) is 5.08. The highest BCUT2D eigenvalue weighted by Gasteiger charge is 2.14. The Kier molecular flexibility index (Phi) is 3.69. The van der Waals surface area contributed by atoms with E-state index in [-0.39, 0.29) is 11.6 Å². The number of benzene rings is 1. The Labute approximate surface area is 142 Å². The molecule has 4 rings (SSSR count). The van der Waals surface area contributed by atoms with Gasteiger partial charge in [0.05, 0.1) is 18.1 Å². The minimum absolute atomic E-state index is 0.260. The van der Waals surface area contributed by atoms with Crippen molar-refractivity contribution in [3.63, 3.8) is 0 Å². The first kappa shape index (κ1) is 14.7. The lowest BCUT2D eigenvalue weighted by molar-refractivity contribution is 0.582. The summed E-state index contributed by atoms with van der Waals surface area (Å²) in [7, 11) is 0. The van der Waals surface area contributed by atoms with E-state index in [0.29, 0.717) is 22.8 Å². The van der Waals surface area contributed by atoms with Crippen LogP contribution in [0.1, 0.15) is 5.69 Å². The van der Waals surface area contributed by atoms with E-state index >= 15 is 0 Å². The largest absolute Gasteiger partial charge is 0.415 e. The van der Waals surface area contributed by atoms with Gasteiger partial charge in [0, 0.05) is 17.3 Å². The second-order valence-electron chi connectivity index (χ2n) is 5.08. The van der Waals surface area contributed by atoms with E-state index in [0.717, 1.165) is 5.56 Å². The van der Waals surface area contributed by atoms with Gasteiger partial charge in [-0.2, -0.15) is 5.26 Å². The van der Waals surface area contributed by atoms with Crippen LogP contribution in [0.2, 0.25) is 0 Å². The van der Waals surface area contributed by atoms with E-state index in [9.17, 15) is 5.26 Å². The normalized spacial score (nSPS) is 10.4. The Bertz CT molecular complexity index is 1070. The van der Waals surface area contributed by atoms with Crippen LogP contribution in [0.3, 0.4) is 0 Å². The van der Waals surface area contributed by atoms with Crippen molar-refractivity contribution in [1.82, 2.24) is 25.1 Å². The summed E-state index contributed by atoms with van der Waals surface area (Å²) in [6, 6.07) is 15.0. The molecule has 3 heterocycles. The van der Waals surface area contributed by atoms with Crippen LogP contribution >= 0.6 is 0 Å². The van der Waals surface area contributed by atoms with E-state index in [1.54, 1.807) is 24.5 Å². The molecule has 0 aliphatic carbocycles. The Morgan fingerprint density at radius 1 is 0.880 bits per heavy atom. The molecule has 118 valence electrons. The molecule has 0 fully saturated rings. The Balaban J connectivity index is 1.74. The standard InChI is InChI=1S/C18H10N6O/c19-9-14-13(7-4-8-21-14)15-10-20-11-16(22-15)18-24-23-17(25-18)12-5-2-1-3-6-12/h1-8,10-11H. The van der Waals surface area contributed by atoms with Gasteiger partial charge in [-0.25, -0.2) is 9.97 Å². The van der Waals surface area contributed by atoms with Gasteiger partial charge in [0.2, 0.25) is 5.89 Å². The highest BCUT2D eigenvalue weighted by Crippen LogP contribution is 2.25. The van der Waals surface area contributed by atoms with E-state index in [1.807, 2.05) is 36.4 Å². The topological polar surface area (TPSA) is 101 Å². The lowest BCUT2D eigenvalue weighted by Gasteiger charge is -2.02. The molecule has 25 heavy (non-hydrogen) atoms. The minimum Gasteiger partial charge on any atom is -0.415 e. The first-order valence-electron chi connectivity index (χ1n) is 7.42. The number of hydrogen-bond acceptors (Lipinski definition) is 7. The number of nitriles is 1. The zero-order valence-electron chi connectivity index (χ0n) is 12.9. The molecule has 3 aromatic heterocycles. The van der Waals surface area contributed by atoms with Gasteiger partial charge < -0.3 is 4.42 Å². The van der Waals surface area contributed by atoms with Crippen molar-refractivity contribution in [2.45, 2.75) is 0 Å². The van der Waals surface area contributed by atoms with Crippen molar-refractivity contribution in [2.75, 3.05) is 0 Å². The molecule has 0 N–H and O–H groups in total. The van der Waals surface area contributed by atoms with Crippen LogP contribution in [0, 0.1) is 11.3 Å². The lowest BCUT2D eigenvalue weighted by Crippen LogP contribution is -1.94. The number of nitrogens with zero attached hydrogens (tertiary/aromatic N) is 6. The molecule has 0 atom stereocenters. The van der Waals surface area contributed by atoms with Crippen molar-refractivity contribution in [2.24, 2.45) is 0 Å². The molecule has 7 nitrogen and oxygen atoms in total. The predicted octanol–water partition coefficient (Wildman–Crippen LogP) is 3.13. The van der Waals surface area contributed by atoms with E-state index in [2.05, 4.69) is 25.1 Å². The van der Waals surface area contributed by atoms with Crippen LogP contribution in [0.4, 0.5) is 0 Å². The summed E-state index contributed by atoms with van der Waals surface area (Å²) in [5.41, 5.74) is 2.65. The molecule has 0 aliphatic rings. The monoisotopic (exact) mass is 326 g/mol. The summed E-state index contributed by atoms with van der Waals surface area (Å²) in [4.78, 5) is 12.7. The van der Waals surface area contributed by atoms with Crippen LogP contribution in [0.5, 0.6) is 0 Å². The SMILES string of the molecule is N#Cc1ncccc1-c1cncc(-c2nnc(-c3ccccc3)o2)n1. The predicted molar refractivity (Wildman–Crippen MR) is 88.7 cm³/mol. The highest BCUT2D eigenvalue weighted by atomic mass is 16.4. The first-order valence-corrected chi connectivity index (χ1v) is 7.42. The van der Waals surface area contributed by atoms with E-state index in [4.69, 9.17) is 4.42 Å². The van der Waals surface area contributed by atoms with Crippen molar-refractivity contribution in [3.8, 4) is 40.4 Å². The third-order valence-corrected chi connectivity index (χ3v) is 3.49. The van der Waals surface area contributed by atoms with Gasteiger partial charge in [-0.1, -0.05) is 18.2 Å². The summed E-state index contributed by atoms with van der Waals surface area (Å²) >= 11 is 0. The fourth-order valence-corrected chi connectivity index (χ4v) is 2.32. The van der Waals surface area contributed by atoms with E-state index in [1.165, 1.54) is 6.20 Å². The molecule has 0 saturated carbocycles. The molecule has 0 bridgehead atoms. The Hall–Kier alpha value is -3.92. The molecule has 0 spiro atoms. The van der Waals surface area contributed by atoms with Crippen LogP contribution in [0.15, 0.2) is 65.5 Å². The molecular weight excluding hydrogens is 316 g/mol. The average molecular weight is 326 g/mol. The maximum atomic E-state index is 9.19. The summed E-state index contributed by atoms with van der Waals surface area (Å²) in [5.74, 6) is 0.664. The maximum absolute atomic E-state index is 9.19. The second kappa shape index (κ2) is 6.29. The summed E-state index contributed by atoms with van der Waals surface area (Å²) in [5, 5.41) is 17.3. The maximum Gasteiger partial charge on any atom is 0.268 e. The van der Waals surface area contributed by atoms with Crippen LogP contribution < -0.4 is 0 Å². The number of aromatic nitrogens is 5. The van der Waals surface area contributed by atoms with Gasteiger partial charge in [0.15, 0.2) is 0 Å². The van der Waals surface area contributed by atoms with Crippen molar-refractivity contribution < 1.29 is 4.42 Å². The van der Waals surface area contributed by atoms with Crippen LogP contribution in [-0.4, -0.2) is 25.1 Å². The van der Waals surface area contributed by atoms with Crippen LogP contribution in [-0.2, 0) is 0 Å². The fourth-order valence-electron chi connectivity index (χ4n) is 2.32. The van der Waals surface area contributed by atoms with Gasteiger partial charge in [-0.05, 0) is 24.3 Å². The number of pyridine rings is 1. The van der Waals surface area contributed by atoms with E-state index < -0.39 is 0 Å².